The third-order valence-electron chi connectivity index (χ3n) is 0.854. The van der Waals surface area contributed by atoms with Crippen LogP contribution >= 0.6 is 22.3 Å². The minimum absolute atomic E-state index is 0.220. The van der Waals surface area contributed by atoms with E-state index in [1.165, 1.54) is 12.4 Å². The fraction of sp³-hybridized carbons (Fsp3) is 0. The van der Waals surface area contributed by atoms with Crippen LogP contribution in [0.5, 0.6) is 0 Å². The van der Waals surface area contributed by atoms with Crippen LogP contribution in [0.25, 0.3) is 0 Å². The fourth-order valence-electron chi connectivity index (χ4n) is 0.472. The van der Waals surface area contributed by atoms with Gasteiger partial charge in [-0.1, -0.05) is 11.6 Å². The maximum atomic E-state index is 10.6. The molecule has 1 heterocycles. The monoisotopic (exact) mass is 212 g/mol. The van der Waals surface area contributed by atoms with Crippen LogP contribution in [0.1, 0.15) is 0 Å². The van der Waals surface area contributed by atoms with Crippen molar-refractivity contribution in [3.8, 4) is 0 Å². The third-order valence-corrected chi connectivity index (χ3v) is 2.44. The predicted octanol–water partition coefficient (Wildman–Crippen LogP) is 1.06. The first-order valence-electron chi connectivity index (χ1n) is 2.43. The van der Waals surface area contributed by atoms with Crippen LogP contribution in [0.2, 0.25) is 5.15 Å². The smallest absolute Gasteiger partial charge is 0.240 e. The van der Waals surface area contributed by atoms with Crippen molar-refractivity contribution >= 4 is 31.3 Å². The number of hydrogen-bond donors (Lipinski definition) is 0. The Morgan fingerprint density at radius 3 is 2.18 bits per heavy atom. The first-order chi connectivity index (χ1) is 5.02. The topological polar surface area (TPSA) is 59.9 Å². The zero-order valence-corrected chi connectivity index (χ0v) is 7.36. The summed E-state index contributed by atoms with van der Waals surface area (Å²) in [7, 11) is 1.08. The summed E-state index contributed by atoms with van der Waals surface area (Å²) in [4.78, 5) is 6.92. The Kier molecular flexibility index (Phi) is 2.31. The van der Waals surface area contributed by atoms with Crippen LogP contribution in [-0.4, -0.2) is 18.4 Å². The highest BCUT2D eigenvalue weighted by Crippen LogP contribution is 2.18. The Morgan fingerprint density at radius 2 is 1.82 bits per heavy atom. The van der Waals surface area contributed by atoms with Crippen LogP contribution in [0.3, 0.4) is 0 Å². The molecular weight excluding hydrogens is 211 g/mol. The second-order valence-corrected chi connectivity index (χ2v) is 4.43. The molecule has 1 aromatic rings. The van der Waals surface area contributed by atoms with Crippen LogP contribution in [0, 0.1) is 0 Å². The van der Waals surface area contributed by atoms with Crippen molar-refractivity contribution in [2.45, 2.75) is 5.03 Å². The molecule has 0 aliphatic carbocycles. The molecule has 0 bridgehead atoms. The summed E-state index contributed by atoms with van der Waals surface area (Å²) in [6.45, 7) is 0. The number of aromatic nitrogens is 2. The van der Waals surface area contributed by atoms with Gasteiger partial charge < -0.3 is 0 Å². The molecule has 0 aliphatic rings. The zero-order valence-electron chi connectivity index (χ0n) is 5.03. The Labute approximate surface area is 72.6 Å². The van der Waals surface area contributed by atoms with Gasteiger partial charge in [0.15, 0.2) is 5.15 Å². The maximum Gasteiger partial charge on any atom is 0.281 e. The molecule has 0 N–H and O–H groups in total. The molecule has 0 saturated heterocycles. The molecule has 0 aliphatic heterocycles. The molecule has 1 aromatic heterocycles. The molecule has 0 spiro atoms. The van der Waals surface area contributed by atoms with Gasteiger partial charge in [-0.3, -0.25) is 0 Å². The van der Waals surface area contributed by atoms with E-state index in [0.717, 1.165) is 0 Å². The molecule has 7 heteroatoms. The lowest BCUT2D eigenvalue weighted by molar-refractivity contribution is 0.605. The average Bonchev–Trinajstić information content (AvgIpc) is 1.86. The fourth-order valence-corrected chi connectivity index (χ4v) is 1.78. The quantitative estimate of drug-likeness (QED) is 0.654. The number of halogens is 2. The van der Waals surface area contributed by atoms with Crippen molar-refractivity contribution in [2.75, 3.05) is 0 Å². The van der Waals surface area contributed by atoms with Crippen molar-refractivity contribution in [2.24, 2.45) is 0 Å². The normalized spacial score (nSPS) is 11.5. The summed E-state index contributed by atoms with van der Waals surface area (Å²) in [5, 5.41) is -0.633. The average molecular weight is 213 g/mol. The summed E-state index contributed by atoms with van der Waals surface area (Å²) in [5.41, 5.74) is 0. The zero-order chi connectivity index (χ0) is 8.48. The van der Waals surface area contributed by atoms with Gasteiger partial charge in [0.25, 0.3) is 9.05 Å². The molecule has 1 rings (SSSR count). The predicted molar refractivity (Wildman–Crippen MR) is 40.1 cm³/mol. The van der Waals surface area contributed by atoms with E-state index in [1.54, 1.807) is 0 Å². The lowest BCUT2D eigenvalue weighted by Gasteiger charge is -1.94. The molecule has 60 valence electrons. The van der Waals surface area contributed by atoms with Crippen molar-refractivity contribution in [3.05, 3.63) is 17.5 Å². The summed E-state index contributed by atoms with van der Waals surface area (Å²) in [5.74, 6) is 0. The van der Waals surface area contributed by atoms with Gasteiger partial charge in [-0.15, -0.1) is 0 Å². The lowest BCUT2D eigenvalue weighted by Crippen LogP contribution is -1.96. The van der Waals surface area contributed by atoms with Crippen molar-refractivity contribution in [3.63, 3.8) is 0 Å². The van der Waals surface area contributed by atoms with Crippen LogP contribution in [0.4, 0.5) is 0 Å². The lowest BCUT2D eigenvalue weighted by atomic mass is 10.8. The highest BCUT2D eigenvalue weighted by molar-refractivity contribution is 8.13. The molecule has 0 saturated carbocycles. The number of hydrogen-bond acceptors (Lipinski definition) is 4. The molecule has 0 aromatic carbocycles. The summed E-state index contributed by atoms with van der Waals surface area (Å²) < 4.78 is 21.3. The minimum atomic E-state index is -3.87. The van der Waals surface area contributed by atoms with Gasteiger partial charge in [0.2, 0.25) is 5.03 Å². The maximum absolute atomic E-state index is 10.6. The van der Waals surface area contributed by atoms with Crippen LogP contribution < -0.4 is 0 Å². The van der Waals surface area contributed by atoms with Gasteiger partial charge >= 0.3 is 0 Å². The minimum Gasteiger partial charge on any atom is -0.240 e. The van der Waals surface area contributed by atoms with E-state index in [0.29, 0.717) is 0 Å². The van der Waals surface area contributed by atoms with Crippen molar-refractivity contribution < 1.29 is 8.42 Å². The van der Waals surface area contributed by atoms with Gasteiger partial charge in [-0.2, -0.15) is 0 Å². The Balaban J connectivity index is 3.37. The molecule has 0 fully saturated rings. The third kappa shape index (κ3) is 2.02. The Hall–Kier alpha value is -0.390. The Bertz CT molecular complexity index is 364. The van der Waals surface area contributed by atoms with Gasteiger partial charge in [-0.25, -0.2) is 18.4 Å². The second-order valence-electron chi connectivity index (χ2n) is 1.59. The Morgan fingerprint density at radius 1 is 1.27 bits per heavy atom. The molecule has 4 nitrogen and oxygen atoms in total. The van der Waals surface area contributed by atoms with Gasteiger partial charge in [0.05, 0.1) is 0 Å². The first kappa shape index (κ1) is 8.70. The van der Waals surface area contributed by atoms with E-state index in [1.807, 2.05) is 0 Å². The van der Waals surface area contributed by atoms with E-state index < -0.39 is 14.1 Å². The van der Waals surface area contributed by atoms with Gasteiger partial charge in [-0.05, 0) is 0 Å². The number of nitrogens with zero attached hydrogens (tertiary/aromatic N) is 2. The summed E-state index contributed by atoms with van der Waals surface area (Å²) >= 11 is 5.37. The largest absolute Gasteiger partial charge is 0.281 e. The summed E-state index contributed by atoms with van der Waals surface area (Å²) in [6, 6.07) is 0. The molecule has 0 amide bonds. The SMILES string of the molecule is O=S(=O)(Cl)c1nccnc1Cl. The highest BCUT2D eigenvalue weighted by Gasteiger charge is 2.16. The van der Waals surface area contributed by atoms with Gasteiger partial charge in [0, 0.05) is 23.1 Å². The molecular formula is C4H2Cl2N2O2S. The van der Waals surface area contributed by atoms with E-state index in [9.17, 15) is 8.42 Å². The summed E-state index contributed by atoms with van der Waals surface area (Å²) in [6.07, 6.45) is 2.47. The molecule has 0 unspecified atom stereocenters. The van der Waals surface area contributed by atoms with Crippen LogP contribution in [0.15, 0.2) is 17.4 Å². The van der Waals surface area contributed by atoms with Crippen LogP contribution in [-0.2, 0) is 9.05 Å². The van der Waals surface area contributed by atoms with E-state index in [-0.39, 0.29) is 5.15 Å². The highest BCUT2D eigenvalue weighted by atomic mass is 35.7. The molecule has 0 radical (unpaired) electrons. The van der Waals surface area contributed by atoms with E-state index >= 15 is 0 Å². The van der Waals surface area contributed by atoms with Gasteiger partial charge in [0.1, 0.15) is 0 Å². The standard InChI is InChI=1S/C4H2Cl2N2O2S/c5-3-4(11(6,9)10)8-2-1-7-3/h1-2H. The first-order valence-corrected chi connectivity index (χ1v) is 5.11. The molecule has 0 atom stereocenters. The molecule has 11 heavy (non-hydrogen) atoms. The second kappa shape index (κ2) is 2.92. The van der Waals surface area contributed by atoms with Crippen molar-refractivity contribution in [1.29, 1.82) is 0 Å². The van der Waals surface area contributed by atoms with Crippen molar-refractivity contribution in [1.82, 2.24) is 9.97 Å². The van der Waals surface area contributed by atoms with E-state index in [2.05, 4.69) is 9.97 Å². The van der Waals surface area contributed by atoms with E-state index in [4.69, 9.17) is 22.3 Å². The number of rotatable bonds is 1.